The molecule has 158 valence electrons. The van der Waals surface area contributed by atoms with E-state index >= 15 is 0 Å². The lowest BCUT2D eigenvalue weighted by Crippen LogP contribution is -1.99. The fraction of sp³-hybridized carbons (Fsp3) is 0.381. The average molecular weight is 416 g/mol. The maximum atomic E-state index is 14.5. The SMILES string of the molecule is CN(C)C.Cc1cc(-c2cc(F)c3nc(C4CC4)cn3c2)nn2cc(C(F)F)nc12. The Kier molecular flexibility index (Phi) is 5.23. The van der Waals surface area contributed by atoms with Crippen LogP contribution in [0.25, 0.3) is 22.6 Å². The molecular formula is C21H23F3N6. The maximum absolute atomic E-state index is 14.5. The lowest BCUT2D eigenvalue weighted by Gasteiger charge is -2.06. The van der Waals surface area contributed by atoms with Gasteiger partial charge >= 0.3 is 0 Å². The summed E-state index contributed by atoms with van der Waals surface area (Å²) in [6.45, 7) is 1.76. The fourth-order valence-electron chi connectivity index (χ4n) is 3.19. The first kappa shape index (κ1) is 20.3. The van der Waals surface area contributed by atoms with Crippen molar-refractivity contribution in [2.75, 3.05) is 21.1 Å². The first-order valence-corrected chi connectivity index (χ1v) is 9.67. The van der Waals surface area contributed by atoms with E-state index in [-0.39, 0.29) is 11.3 Å². The first-order valence-electron chi connectivity index (χ1n) is 9.67. The van der Waals surface area contributed by atoms with Gasteiger partial charge in [0.25, 0.3) is 6.43 Å². The summed E-state index contributed by atoms with van der Waals surface area (Å²) < 4.78 is 43.3. The Balaban J connectivity index is 0.000000503. The average Bonchev–Trinajstić information content (AvgIpc) is 3.25. The number of hydrogen-bond donors (Lipinski definition) is 0. The molecular weight excluding hydrogens is 393 g/mol. The molecule has 1 aliphatic rings. The lowest BCUT2D eigenvalue weighted by atomic mass is 10.1. The number of fused-ring (bicyclic) bond motifs is 2. The molecule has 1 fully saturated rings. The minimum atomic E-state index is -2.67. The van der Waals surface area contributed by atoms with Gasteiger partial charge in [-0.15, -0.1) is 0 Å². The predicted octanol–water partition coefficient (Wildman–Crippen LogP) is 4.48. The summed E-state index contributed by atoms with van der Waals surface area (Å²) in [5.41, 5.74) is 2.94. The third kappa shape index (κ3) is 4.02. The second-order valence-corrected chi connectivity index (χ2v) is 8.04. The highest BCUT2D eigenvalue weighted by Crippen LogP contribution is 2.39. The summed E-state index contributed by atoms with van der Waals surface area (Å²) in [6.07, 6.45) is 4.31. The van der Waals surface area contributed by atoms with Gasteiger partial charge in [0.2, 0.25) is 0 Å². The van der Waals surface area contributed by atoms with Gasteiger partial charge in [-0.3, -0.25) is 0 Å². The van der Waals surface area contributed by atoms with Crippen LogP contribution in [-0.4, -0.2) is 50.0 Å². The monoisotopic (exact) mass is 416 g/mol. The van der Waals surface area contributed by atoms with Crippen LogP contribution in [0, 0.1) is 12.7 Å². The third-order valence-corrected chi connectivity index (χ3v) is 4.67. The number of nitrogens with zero attached hydrogens (tertiary/aromatic N) is 6. The maximum Gasteiger partial charge on any atom is 0.281 e. The number of halogens is 3. The van der Waals surface area contributed by atoms with Crippen molar-refractivity contribution in [1.82, 2.24) is 28.9 Å². The Morgan fingerprint density at radius 3 is 2.37 bits per heavy atom. The Bertz CT molecular complexity index is 1120. The van der Waals surface area contributed by atoms with Gasteiger partial charge in [0.15, 0.2) is 17.1 Å². The summed E-state index contributed by atoms with van der Waals surface area (Å²) in [5.74, 6) is -0.0129. The van der Waals surface area contributed by atoms with E-state index in [1.807, 2.05) is 32.2 Å². The number of aromatic nitrogens is 5. The van der Waals surface area contributed by atoms with Crippen molar-refractivity contribution in [1.29, 1.82) is 0 Å². The largest absolute Gasteiger partial charge is 0.312 e. The van der Waals surface area contributed by atoms with Gasteiger partial charge < -0.3 is 9.30 Å². The molecule has 0 saturated heterocycles. The molecule has 5 rings (SSSR count). The topological polar surface area (TPSA) is 50.7 Å². The standard InChI is InChI=1S/C18H14F3N5.C3H9N/c1-9-4-13(24-26-8-15(16(20)21)23-17(9)26)11-5-12(19)18-22-14(10-2-3-10)7-25(18)6-11;1-4(2)3/h4-8,10,16H,2-3H2,1H3;1-3H3. The van der Waals surface area contributed by atoms with Crippen molar-refractivity contribution < 1.29 is 13.2 Å². The molecule has 0 spiro atoms. The minimum Gasteiger partial charge on any atom is -0.312 e. The summed E-state index contributed by atoms with van der Waals surface area (Å²) in [5, 5.41) is 4.33. The molecule has 0 unspecified atom stereocenters. The summed E-state index contributed by atoms with van der Waals surface area (Å²) >= 11 is 0. The highest BCUT2D eigenvalue weighted by molar-refractivity contribution is 5.64. The Morgan fingerprint density at radius 1 is 1.03 bits per heavy atom. The van der Waals surface area contributed by atoms with Crippen LogP contribution in [0.15, 0.2) is 30.7 Å². The molecule has 4 aromatic rings. The van der Waals surface area contributed by atoms with Crippen molar-refractivity contribution in [2.45, 2.75) is 32.1 Å². The van der Waals surface area contributed by atoms with E-state index in [9.17, 15) is 13.2 Å². The van der Waals surface area contributed by atoms with Crippen LogP contribution >= 0.6 is 0 Å². The Hall–Kier alpha value is -2.94. The van der Waals surface area contributed by atoms with Crippen molar-refractivity contribution in [2.24, 2.45) is 0 Å². The molecule has 0 aromatic carbocycles. The summed E-state index contributed by atoms with van der Waals surface area (Å²) in [6, 6.07) is 3.09. The molecule has 30 heavy (non-hydrogen) atoms. The molecule has 4 aromatic heterocycles. The van der Waals surface area contributed by atoms with E-state index in [0.29, 0.717) is 28.4 Å². The second-order valence-electron chi connectivity index (χ2n) is 8.04. The molecule has 1 aliphatic carbocycles. The zero-order valence-electron chi connectivity index (χ0n) is 17.3. The van der Waals surface area contributed by atoms with Crippen LogP contribution in [0.2, 0.25) is 0 Å². The number of rotatable bonds is 3. The van der Waals surface area contributed by atoms with Gasteiger partial charge in [-0.05, 0) is 58.6 Å². The molecule has 0 atom stereocenters. The smallest absolute Gasteiger partial charge is 0.281 e. The quantitative estimate of drug-likeness (QED) is 0.494. The molecule has 0 radical (unpaired) electrons. The normalized spacial score (nSPS) is 14.0. The van der Waals surface area contributed by atoms with E-state index in [0.717, 1.165) is 18.5 Å². The lowest BCUT2D eigenvalue weighted by molar-refractivity contribution is 0.146. The van der Waals surface area contributed by atoms with Crippen LogP contribution in [0.4, 0.5) is 13.2 Å². The van der Waals surface area contributed by atoms with Gasteiger partial charge in [-0.1, -0.05) is 0 Å². The number of aryl methyl sites for hydroxylation is 1. The molecule has 0 N–H and O–H groups in total. The zero-order chi connectivity index (χ0) is 21.6. The summed E-state index contributed by atoms with van der Waals surface area (Å²) in [4.78, 5) is 10.3. The number of hydrogen-bond acceptors (Lipinski definition) is 4. The van der Waals surface area contributed by atoms with Crippen LogP contribution in [0.1, 0.15) is 42.1 Å². The minimum absolute atomic E-state index is 0.288. The first-order chi connectivity index (χ1) is 14.2. The second kappa shape index (κ2) is 7.71. The molecule has 0 bridgehead atoms. The number of imidazole rings is 2. The van der Waals surface area contributed by atoms with E-state index in [1.54, 1.807) is 23.6 Å². The van der Waals surface area contributed by atoms with Gasteiger partial charge in [0.1, 0.15) is 5.69 Å². The highest BCUT2D eigenvalue weighted by atomic mass is 19.3. The van der Waals surface area contributed by atoms with Crippen LogP contribution < -0.4 is 0 Å². The molecule has 0 aliphatic heterocycles. The van der Waals surface area contributed by atoms with E-state index in [2.05, 4.69) is 15.1 Å². The zero-order valence-corrected chi connectivity index (χ0v) is 17.3. The van der Waals surface area contributed by atoms with Crippen molar-refractivity contribution >= 4 is 11.3 Å². The van der Waals surface area contributed by atoms with E-state index < -0.39 is 12.2 Å². The van der Waals surface area contributed by atoms with Gasteiger partial charge in [0, 0.05) is 23.9 Å². The van der Waals surface area contributed by atoms with Crippen molar-refractivity contribution in [3.05, 3.63) is 53.5 Å². The molecule has 0 amide bonds. The number of pyridine rings is 1. The third-order valence-electron chi connectivity index (χ3n) is 4.67. The van der Waals surface area contributed by atoms with Crippen molar-refractivity contribution in [3.63, 3.8) is 0 Å². The fourth-order valence-corrected chi connectivity index (χ4v) is 3.19. The van der Waals surface area contributed by atoms with Gasteiger partial charge in [0.05, 0.1) is 17.6 Å². The van der Waals surface area contributed by atoms with Crippen LogP contribution in [0.5, 0.6) is 0 Å². The molecule has 6 nitrogen and oxygen atoms in total. The van der Waals surface area contributed by atoms with Crippen molar-refractivity contribution in [3.8, 4) is 11.3 Å². The number of alkyl halides is 2. The Morgan fingerprint density at radius 2 is 1.73 bits per heavy atom. The van der Waals surface area contributed by atoms with Crippen LogP contribution in [0.3, 0.4) is 0 Å². The van der Waals surface area contributed by atoms with E-state index in [1.165, 1.54) is 16.8 Å². The summed E-state index contributed by atoms with van der Waals surface area (Å²) in [7, 11) is 6.00. The van der Waals surface area contributed by atoms with Crippen LogP contribution in [-0.2, 0) is 0 Å². The van der Waals surface area contributed by atoms with Gasteiger partial charge in [-0.2, -0.15) is 5.10 Å². The van der Waals surface area contributed by atoms with E-state index in [4.69, 9.17) is 0 Å². The van der Waals surface area contributed by atoms with Gasteiger partial charge in [-0.25, -0.2) is 27.7 Å². The molecule has 4 heterocycles. The Labute approximate surface area is 172 Å². The predicted molar refractivity (Wildman–Crippen MR) is 108 cm³/mol. The molecule has 9 heteroatoms. The highest BCUT2D eigenvalue weighted by Gasteiger charge is 2.27. The molecule has 1 saturated carbocycles.